The number of carbonyl (C=O) groups is 3. The van der Waals surface area contributed by atoms with Crippen molar-refractivity contribution in [1.82, 2.24) is 25.4 Å². The first-order valence-electron chi connectivity index (χ1n) is 9.02. The summed E-state index contributed by atoms with van der Waals surface area (Å²) in [6, 6.07) is -1.02. The van der Waals surface area contributed by atoms with Crippen molar-refractivity contribution in [3.8, 4) is 0 Å². The fourth-order valence-electron chi connectivity index (χ4n) is 3.11. The van der Waals surface area contributed by atoms with Crippen LogP contribution in [0.3, 0.4) is 0 Å². The van der Waals surface area contributed by atoms with Crippen LogP contribution in [0, 0.1) is 0 Å². The van der Waals surface area contributed by atoms with E-state index in [-0.39, 0.29) is 64.2 Å². The number of aliphatic carboxylic acids is 1. The third-order valence-electron chi connectivity index (χ3n) is 4.56. The molecule has 2 amide bonds. The van der Waals surface area contributed by atoms with Gasteiger partial charge in [-0.25, -0.2) is 4.98 Å². The fourth-order valence-corrected chi connectivity index (χ4v) is 6.90. The number of nitrogens with one attached hydrogen (secondary N) is 1. The Morgan fingerprint density at radius 3 is 2.76 bits per heavy atom. The Morgan fingerprint density at radius 1 is 1.41 bits per heavy atom. The predicted molar refractivity (Wildman–Crippen MR) is 118 cm³/mol. The van der Waals surface area contributed by atoms with Gasteiger partial charge < -0.3 is 31.3 Å². The van der Waals surface area contributed by atoms with Crippen LogP contribution in [0.4, 0.5) is 5.13 Å². The third-order valence-corrected chi connectivity index (χ3v) is 8.70. The van der Waals surface area contributed by atoms with Gasteiger partial charge in [-0.2, -0.15) is 0 Å². The van der Waals surface area contributed by atoms with Gasteiger partial charge in [0.1, 0.15) is 22.1 Å². The zero-order valence-corrected chi connectivity index (χ0v) is 22.6. The number of rotatable bonds is 8. The van der Waals surface area contributed by atoms with E-state index in [1.54, 1.807) is 0 Å². The van der Waals surface area contributed by atoms with Gasteiger partial charge in [0.15, 0.2) is 15.2 Å². The van der Waals surface area contributed by atoms with E-state index in [1.807, 2.05) is 0 Å². The van der Waals surface area contributed by atoms with Gasteiger partial charge in [0.25, 0.3) is 11.8 Å². The van der Waals surface area contributed by atoms with Gasteiger partial charge >= 0.3 is 29.6 Å². The molecule has 5 N–H and O–H groups in total. The average molecular weight is 552 g/mol. The second-order valence-electron chi connectivity index (χ2n) is 6.53. The first kappa shape index (κ1) is 26.9. The van der Waals surface area contributed by atoms with E-state index in [2.05, 4.69) is 25.7 Å². The molecule has 0 aliphatic carbocycles. The van der Waals surface area contributed by atoms with Crippen LogP contribution in [-0.2, 0) is 21.0 Å². The third kappa shape index (κ3) is 5.25. The summed E-state index contributed by atoms with van der Waals surface area (Å²) >= 11 is 4.75. The second kappa shape index (κ2) is 11.3. The molecular weight excluding hydrogens is 537 g/mol. The molecule has 2 aromatic rings. The number of aromatic nitrogens is 3. The zero-order chi connectivity index (χ0) is 23.7. The summed E-state index contributed by atoms with van der Waals surface area (Å²) in [5, 5.41) is 44.6. The topological polar surface area (TPSA) is 207 Å². The maximum Gasteiger partial charge on any atom is 1.00 e. The summed E-state index contributed by atoms with van der Waals surface area (Å²) in [5.41, 5.74) is 5.40. The molecule has 13 nitrogen and oxygen atoms in total. The number of thiazole rings is 1. The van der Waals surface area contributed by atoms with Crippen molar-refractivity contribution in [2.75, 3.05) is 17.2 Å². The summed E-state index contributed by atoms with van der Waals surface area (Å²) in [6.45, 7) is -0.239. The Balaban J connectivity index is 0.00000324. The van der Waals surface area contributed by atoms with E-state index in [0.717, 1.165) is 16.2 Å². The molecule has 0 saturated carbocycles. The van der Waals surface area contributed by atoms with Gasteiger partial charge in [-0.1, -0.05) is 28.3 Å². The van der Waals surface area contributed by atoms with Crippen molar-refractivity contribution in [2.24, 2.45) is 5.16 Å². The van der Waals surface area contributed by atoms with Crippen LogP contribution in [0.2, 0.25) is 0 Å². The molecule has 2 aliphatic heterocycles. The number of hydrogen-bond donors (Lipinski definition) is 4. The Labute approximate surface area is 230 Å². The van der Waals surface area contributed by atoms with Crippen LogP contribution in [0.1, 0.15) is 10.7 Å². The molecular formula is C16H14N7NaO6S4. The van der Waals surface area contributed by atoms with Gasteiger partial charge in [0, 0.05) is 16.9 Å². The van der Waals surface area contributed by atoms with Gasteiger partial charge in [0.2, 0.25) is 0 Å². The van der Waals surface area contributed by atoms with Crippen LogP contribution in [0.15, 0.2) is 26.1 Å². The quantitative estimate of drug-likeness (QED) is 0.0611. The number of β-lactam (4-membered cyclic amide) rings is 1. The van der Waals surface area contributed by atoms with Crippen molar-refractivity contribution < 1.29 is 59.4 Å². The Morgan fingerprint density at radius 2 is 2.18 bits per heavy atom. The summed E-state index contributed by atoms with van der Waals surface area (Å²) in [5.74, 6) is -2.46. The number of aliphatic hydroxyl groups excluding tert-OH is 1. The summed E-state index contributed by atoms with van der Waals surface area (Å²) < 4.78 is 0.551. The molecule has 4 rings (SSSR count). The van der Waals surface area contributed by atoms with Crippen LogP contribution >= 0.6 is 46.2 Å². The number of aliphatic hydroxyl groups is 1. The number of oxime groups is 1. The summed E-state index contributed by atoms with van der Waals surface area (Å²) in [4.78, 5) is 42.1. The van der Waals surface area contributed by atoms with Gasteiger partial charge in [-0.15, -0.1) is 33.3 Å². The zero-order valence-electron chi connectivity index (χ0n) is 17.3. The number of amides is 2. The molecule has 0 aromatic carbocycles. The molecule has 2 atom stereocenters. The molecule has 0 bridgehead atoms. The minimum absolute atomic E-state index is 0. The van der Waals surface area contributed by atoms with Crippen LogP contribution < -0.4 is 45.7 Å². The number of nitrogens with zero attached hydrogens (tertiary/aromatic N) is 5. The summed E-state index contributed by atoms with van der Waals surface area (Å²) in [6.07, 6.45) is 0. The van der Waals surface area contributed by atoms with E-state index < -0.39 is 34.9 Å². The van der Waals surface area contributed by atoms with Crippen molar-refractivity contribution >= 4 is 74.8 Å². The average Bonchev–Trinajstić information content (AvgIpc) is 3.44. The van der Waals surface area contributed by atoms with Crippen molar-refractivity contribution in [1.29, 1.82) is 0 Å². The van der Waals surface area contributed by atoms with E-state index >= 15 is 0 Å². The van der Waals surface area contributed by atoms with Crippen LogP contribution in [0.25, 0.3) is 0 Å². The van der Waals surface area contributed by atoms with Gasteiger partial charge in [-0.05, 0) is 5.57 Å². The monoisotopic (exact) mass is 551 g/mol. The van der Waals surface area contributed by atoms with E-state index in [4.69, 9.17) is 10.8 Å². The van der Waals surface area contributed by atoms with Gasteiger partial charge in [-0.3, -0.25) is 14.5 Å². The molecule has 1 fully saturated rings. The standard InChI is InChI=1S/C16H15N7O6S4.Na/c17-15-18-6(4-31-15)8(22-29)11(25)19-9-12(26)23-10(14(27)28)5(2-30-13(9)23)3-32-16-21-20-7(1-24)33-16;/h4,9,13,24,29H,1-3H2,(H2,17,18)(H,19,25)(H,27,28);/q;+1/p-1/t9?,13-;/m0./s1. The molecule has 1 saturated heterocycles. The Kier molecular flexibility index (Phi) is 8.96. The number of carbonyl (C=O) groups excluding carboxylic acids is 3. The molecule has 2 aromatic heterocycles. The fraction of sp³-hybridized carbons (Fsp3) is 0.312. The molecule has 18 heteroatoms. The number of carboxylic acids is 1. The number of fused-ring (bicyclic) bond motifs is 1. The molecule has 0 spiro atoms. The van der Waals surface area contributed by atoms with Crippen LogP contribution in [-0.4, -0.2) is 76.8 Å². The predicted octanol–water partition coefficient (Wildman–Crippen LogP) is -4.55. The normalized spacial score (nSPS) is 19.9. The first-order valence-corrected chi connectivity index (χ1v) is 12.8. The number of thioether (sulfide) groups is 2. The molecule has 2 aliphatic rings. The SMILES string of the molecule is Nc1nc(C(=NO)C(=O)NC2C(=O)N3C(C(=O)[O-])=C(CSc4nnc(CO)s4)CS[C@@H]23)cs1.[Na+]. The van der Waals surface area contributed by atoms with Crippen LogP contribution in [0.5, 0.6) is 0 Å². The van der Waals surface area contributed by atoms with Gasteiger partial charge in [0.05, 0.1) is 18.3 Å². The molecule has 4 heterocycles. The Bertz CT molecular complexity index is 1180. The number of nitrogen functional groups attached to an aromatic ring is 1. The Hall–Kier alpha value is -1.73. The molecule has 1 unspecified atom stereocenters. The van der Waals surface area contributed by atoms with E-state index in [1.165, 1.54) is 40.2 Å². The molecule has 0 radical (unpaired) electrons. The number of carboxylic acid groups (broad SMARTS) is 1. The largest absolute Gasteiger partial charge is 1.00 e. The smallest absolute Gasteiger partial charge is 0.543 e. The molecule has 174 valence electrons. The van der Waals surface area contributed by atoms with Crippen molar-refractivity contribution in [3.63, 3.8) is 0 Å². The maximum atomic E-state index is 12.7. The number of nitrogens with two attached hydrogens (primary N) is 1. The van der Waals surface area contributed by atoms with Crippen molar-refractivity contribution in [3.05, 3.63) is 27.4 Å². The minimum atomic E-state index is -1.50. The number of hydrogen-bond acceptors (Lipinski definition) is 15. The summed E-state index contributed by atoms with van der Waals surface area (Å²) in [7, 11) is 0. The first-order chi connectivity index (χ1) is 15.8. The maximum absolute atomic E-state index is 12.7. The van der Waals surface area contributed by atoms with E-state index in [0.29, 0.717) is 14.9 Å². The van der Waals surface area contributed by atoms with Crippen molar-refractivity contribution in [2.45, 2.75) is 22.4 Å². The second-order valence-corrected chi connectivity index (χ2v) is 10.8. The minimum Gasteiger partial charge on any atom is -0.543 e. The van der Waals surface area contributed by atoms with E-state index in [9.17, 15) is 24.7 Å². The molecule has 34 heavy (non-hydrogen) atoms. The number of anilines is 1.